The molecule has 0 saturated carbocycles. The highest BCUT2D eigenvalue weighted by Crippen LogP contribution is 2.24. The Morgan fingerprint density at radius 3 is 2.53 bits per heavy atom. The van der Waals surface area contributed by atoms with E-state index >= 15 is 0 Å². The number of alkyl carbamates (subject to hydrolysis) is 1. The normalized spacial score (nSPS) is 12.1. The summed E-state index contributed by atoms with van der Waals surface area (Å²) in [6.07, 6.45) is -0.131. The Kier molecular flexibility index (Phi) is 8.33. The van der Waals surface area contributed by atoms with Crippen LogP contribution in [-0.2, 0) is 16.0 Å². The zero-order valence-electron chi connectivity index (χ0n) is 20.0. The number of anilines is 1. The number of thioether (sulfide) groups is 1. The third kappa shape index (κ3) is 7.91. The monoisotopic (exact) mass is 482 g/mol. The summed E-state index contributed by atoms with van der Waals surface area (Å²) < 4.78 is 11.2. The van der Waals surface area contributed by atoms with Gasteiger partial charge in [-0.2, -0.15) is 0 Å². The predicted molar refractivity (Wildman–Crippen MR) is 132 cm³/mol. The Hall–Kier alpha value is -3.33. The van der Waals surface area contributed by atoms with Gasteiger partial charge in [-0.1, -0.05) is 54.2 Å². The smallest absolute Gasteiger partial charge is 0.408 e. The van der Waals surface area contributed by atoms with Crippen molar-refractivity contribution in [2.24, 2.45) is 0 Å². The van der Waals surface area contributed by atoms with Gasteiger partial charge in [0.2, 0.25) is 11.8 Å². The summed E-state index contributed by atoms with van der Waals surface area (Å²) >= 11 is 1.13. The number of amides is 2. The summed E-state index contributed by atoms with van der Waals surface area (Å²) in [6.45, 7) is 9.30. The van der Waals surface area contributed by atoms with Crippen molar-refractivity contribution in [1.82, 2.24) is 15.5 Å². The van der Waals surface area contributed by atoms with Gasteiger partial charge in [-0.3, -0.25) is 4.79 Å². The Bertz CT molecular complexity index is 1130. The molecule has 0 radical (unpaired) electrons. The van der Waals surface area contributed by atoms with Crippen molar-refractivity contribution in [1.29, 1.82) is 0 Å². The second-order valence-electron chi connectivity index (χ2n) is 8.95. The molecule has 0 aliphatic carbocycles. The average molecular weight is 483 g/mol. The fourth-order valence-corrected chi connectivity index (χ4v) is 3.67. The van der Waals surface area contributed by atoms with E-state index in [1.807, 2.05) is 62.4 Å². The molecule has 0 spiro atoms. The third-order valence-electron chi connectivity index (χ3n) is 4.69. The summed E-state index contributed by atoms with van der Waals surface area (Å²) in [4.78, 5) is 24.8. The summed E-state index contributed by atoms with van der Waals surface area (Å²) in [5, 5.41) is 14.1. The van der Waals surface area contributed by atoms with Gasteiger partial charge < -0.3 is 19.8 Å². The quantitative estimate of drug-likeness (QED) is 0.424. The molecule has 2 aromatic carbocycles. The van der Waals surface area contributed by atoms with E-state index in [0.717, 1.165) is 34.1 Å². The zero-order chi connectivity index (χ0) is 24.7. The molecule has 0 fully saturated rings. The number of hydrogen-bond donors (Lipinski definition) is 2. The molecule has 0 aliphatic heterocycles. The van der Waals surface area contributed by atoms with Gasteiger partial charge in [-0.05, 0) is 57.4 Å². The van der Waals surface area contributed by atoms with Gasteiger partial charge in [0.05, 0.1) is 5.75 Å². The number of carbonyl (C=O) groups excluding carboxylic acids is 2. The lowest BCUT2D eigenvalue weighted by Gasteiger charge is -2.22. The summed E-state index contributed by atoms with van der Waals surface area (Å²) in [5.41, 5.74) is 3.18. The van der Waals surface area contributed by atoms with E-state index in [1.54, 1.807) is 20.8 Å². The first-order valence-electron chi connectivity index (χ1n) is 11.0. The topological polar surface area (TPSA) is 106 Å². The van der Waals surface area contributed by atoms with Crippen LogP contribution in [0.4, 0.5) is 10.5 Å². The largest absolute Gasteiger partial charge is 0.444 e. The highest BCUT2D eigenvalue weighted by Gasteiger charge is 2.25. The highest BCUT2D eigenvalue weighted by atomic mass is 32.2. The van der Waals surface area contributed by atoms with Crippen molar-refractivity contribution in [3.8, 4) is 0 Å². The molecule has 34 heavy (non-hydrogen) atoms. The van der Waals surface area contributed by atoms with Crippen LogP contribution in [0.15, 0.2) is 58.2 Å². The maximum absolute atomic E-state index is 12.4. The molecule has 2 amide bonds. The molecule has 3 aromatic rings. The van der Waals surface area contributed by atoms with Crippen LogP contribution in [0.2, 0.25) is 0 Å². The van der Waals surface area contributed by atoms with Crippen LogP contribution in [-0.4, -0.2) is 33.6 Å². The van der Waals surface area contributed by atoms with Gasteiger partial charge >= 0.3 is 6.09 Å². The summed E-state index contributed by atoms with van der Waals surface area (Å²) in [6, 6.07) is 15.0. The molecule has 0 unspecified atom stereocenters. The second-order valence-corrected chi connectivity index (χ2v) is 9.88. The van der Waals surface area contributed by atoms with Crippen LogP contribution >= 0.6 is 11.8 Å². The first-order valence-corrected chi connectivity index (χ1v) is 11.9. The van der Waals surface area contributed by atoms with Gasteiger partial charge in [0.1, 0.15) is 11.6 Å². The number of aryl methyl sites for hydroxylation is 2. The number of aromatic nitrogens is 2. The minimum atomic E-state index is -0.639. The van der Waals surface area contributed by atoms with Crippen molar-refractivity contribution < 1.29 is 18.7 Å². The van der Waals surface area contributed by atoms with Crippen LogP contribution in [0.1, 0.15) is 49.4 Å². The maximum Gasteiger partial charge on any atom is 0.408 e. The van der Waals surface area contributed by atoms with Gasteiger partial charge in [0.15, 0.2) is 0 Å². The lowest BCUT2D eigenvalue weighted by Crippen LogP contribution is -2.36. The molecule has 0 saturated heterocycles. The number of ether oxygens (including phenoxy) is 1. The average Bonchev–Trinajstić information content (AvgIpc) is 3.23. The number of nitrogens with one attached hydrogen (secondary N) is 2. The Morgan fingerprint density at radius 1 is 1.09 bits per heavy atom. The van der Waals surface area contributed by atoms with Crippen molar-refractivity contribution in [2.45, 2.75) is 57.9 Å². The predicted octanol–water partition coefficient (Wildman–Crippen LogP) is 5.23. The first-order chi connectivity index (χ1) is 16.1. The van der Waals surface area contributed by atoms with Crippen molar-refractivity contribution in [3.63, 3.8) is 0 Å². The van der Waals surface area contributed by atoms with Gasteiger partial charge in [0.25, 0.3) is 5.22 Å². The number of rotatable bonds is 8. The molecule has 9 heteroatoms. The minimum absolute atomic E-state index is 0.109. The van der Waals surface area contributed by atoms with E-state index in [0.29, 0.717) is 6.42 Å². The van der Waals surface area contributed by atoms with Crippen molar-refractivity contribution >= 4 is 29.4 Å². The number of hydrogen-bond acceptors (Lipinski definition) is 7. The van der Waals surface area contributed by atoms with Crippen LogP contribution in [0.5, 0.6) is 0 Å². The van der Waals surface area contributed by atoms with Crippen LogP contribution in [0.25, 0.3) is 0 Å². The van der Waals surface area contributed by atoms with Gasteiger partial charge in [0, 0.05) is 12.1 Å². The third-order valence-corrected chi connectivity index (χ3v) is 5.51. The van der Waals surface area contributed by atoms with Crippen LogP contribution in [0.3, 0.4) is 0 Å². The van der Waals surface area contributed by atoms with Crippen molar-refractivity contribution in [2.75, 3.05) is 11.1 Å². The van der Waals surface area contributed by atoms with E-state index in [9.17, 15) is 9.59 Å². The van der Waals surface area contributed by atoms with E-state index in [4.69, 9.17) is 9.15 Å². The van der Waals surface area contributed by atoms with E-state index < -0.39 is 17.7 Å². The maximum atomic E-state index is 12.4. The molecule has 1 atom stereocenters. The van der Waals surface area contributed by atoms with Crippen molar-refractivity contribution in [3.05, 3.63) is 71.1 Å². The van der Waals surface area contributed by atoms with E-state index in [-0.39, 0.29) is 22.8 Å². The fraction of sp³-hybridized carbons (Fsp3) is 0.360. The first kappa shape index (κ1) is 25.3. The highest BCUT2D eigenvalue weighted by molar-refractivity contribution is 7.99. The van der Waals surface area contributed by atoms with E-state index in [1.165, 1.54) is 0 Å². The standard InChI is InChI=1S/C25H30N4O4S/c1-16-11-12-17(2)19(13-16)26-21(30)15-34-24-29-28-22(32-24)20(14-18-9-7-6-8-10-18)27-23(31)33-25(3,4)5/h6-13,20H,14-15H2,1-5H3,(H,26,30)(H,27,31)/t20-/m1/s1. The molecule has 2 N–H and O–H groups in total. The molecule has 1 aromatic heterocycles. The summed E-state index contributed by atoms with van der Waals surface area (Å²) in [7, 11) is 0. The van der Waals surface area contributed by atoms with Crippen LogP contribution < -0.4 is 10.6 Å². The minimum Gasteiger partial charge on any atom is -0.444 e. The van der Waals surface area contributed by atoms with Crippen LogP contribution in [0, 0.1) is 13.8 Å². The fourth-order valence-electron chi connectivity index (χ4n) is 3.10. The number of benzene rings is 2. The van der Waals surface area contributed by atoms with E-state index in [2.05, 4.69) is 20.8 Å². The SMILES string of the molecule is Cc1ccc(C)c(NC(=O)CSc2nnc([C@@H](Cc3ccccc3)NC(=O)OC(C)(C)C)o2)c1. The molecule has 0 bridgehead atoms. The lowest BCUT2D eigenvalue weighted by atomic mass is 10.1. The summed E-state index contributed by atoms with van der Waals surface area (Å²) in [5.74, 6) is 0.177. The zero-order valence-corrected chi connectivity index (χ0v) is 20.9. The molecule has 1 heterocycles. The second kappa shape index (κ2) is 11.2. The van der Waals surface area contributed by atoms with Gasteiger partial charge in [-0.25, -0.2) is 4.79 Å². The number of carbonyl (C=O) groups is 2. The Balaban J connectivity index is 1.65. The molecule has 0 aliphatic rings. The Morgan fingerprint density at radius 2 is 1.82 bits per heavy atom. The molecule has 3 rings (SSSR count). The Labute approximate surface area is 203 Å². The van der Waals surface area contributed by atoms with Gasteiger partial charge in [-0.15, -0.1) is 10.2 Å². The number of nitrogens with zero attached hydrogens (tertiary/aromatic N) is 2. The molecular weight excluding hydrogens is 452 g/mol. The molecule has 180 valence electrons. The molecule has 8 nitrogen and oxygen atoms in total. The lowest BCUT2D eigenvalue weighted by molar-refractivity contribution is -0.113. The molecular formula is C25H30N4O4S.